The molecule has 0 amide bonds. The van der Waals surface area contributed by atoms with Gasteiger partial charge >= 0.3 is 0 Å². The quantitative estimate of drug-likeness (QED) is 0.863. The number of rotatable bonds is 2. The molecular weight excluding hydrogens is 230 g/mol. The fraction of sp³-hybridized carbons (Fsp3) is 0.636. The Bertz CT molecular complexity index is 350. The molecule has 4 heteroatoms. The highest BCUT2D eigenvalue weighted by Gasteiger charge is 2.36. The van der Waals surface area contributed by atoms with E-state index in [0.29, 0.717) is 6.10 Å². The highest BCUT2D eigenvalue weighted by atomic mass is 35.5. The van der Waals surface area contributed by atoms with Crippen LogP contribution in [0.5, 0.6) is 0 Å². The van der Waals surface area contributed by atoms with E-state index < -0.39 is 0 Å². The molecule has 0 aromatic carbocycles. The Balaban J connectivity index is 1.70. The zero-order valence-corrected chi connectivity index (χ0v) is 9.98. The van der Waals surface area contributed by atoms with Crippen LogP contribution in [0.4, 0.5) is 0 Å². The van der Waals surface area contributed by atoms with Crippen molar-refractivity contribution >= 4 is 22.9 Å². The molecule has 2 heterocycles. The highest BCUT2D eigenvalue weighted by Crippen LogP contribution is 2.38. The molecule has 2 fully saturated rings. The topological polar surface area (TPSA) is 21.3 Å². The normalized spacial score (nSPS) is 31.8. The summed E-state index contributed by atoms with van der Waals surface area (Å²) in [5.41, 5.74) is 1.22. The SMILES string of the molecule is Clc1cc(C2CNCC(C3CC3)O2)cs1. The number of thiophene rings is 1. The van der Waals surface area contributed by atoms with Crippen LogP contribution in [0.15, 0.2) is 11.4 Å². The second-order valence-electron chi connectivity index (χ2n) is 4.34. The van der Waals surface area contributed by atoms with Crippen molar-refractivity contribution < 1.29 is 4.74 Å². The van der Waals surface area contributed by atoms with Gasteiger partial charge in [-0.25, -0.2) is 0 Å². The molecule has 1 N–H and O–H groups in total. The predicted octanol–water partition coefficient (Wildman–Crippen LogP) is 2.84. The number of ether oxygens (including phenoxy) is 1. The Morgan fingerprint density at radius 3 is 2.93 bits per heavy atom. The molecule has 2 aliphatic rings. The first kappa shape index (κ1) is 10.1. The number of morpholine rings is 1. The second kappa shape index (κ2) is 4.06. The summed E-state index contributed by atoms with van der Waals surface area (Å²) in [5, 5.41) is 5.55. The second-order valence-corrected chi connectivity index (χ2v) is 5.89. The Morgan fingerprint density at radius 2 is 2.27 bits per heavy atom. The zero-order chi connectivity index (χ0) is 10.3. The van der Waals surface area contributed by atoms with Crippen LogP contribution in [0.1, 0.15) is 24.5 Å². The maximum atomic E-state index is 6.10. The molecule has 1 aromatic heterocycles. The number of halogens is 1. The molecule has 1 saturated carbocycles. The zero-order valence-electron chi connectivity index (χ0n) is 8.41. The highest BCUT2D eigenvalue weighted by molar-refractivity contribution is 7.14. The van der Waals surface area contributed by atoms with Crippen LogP contribution in [-0.4, -0.2) is 19.2 Å². The van der Waals surface area contributed by atoms with Crippen LogP contribution in [0.25, 0.3) is 0 Å². The summed E-state index contributed by atoms with van der Waals surface area (Å²) in [4.78, 5) is 0. The summed E-state index contributed by atoms with van der Waals surface area (Å²) in [7, 11) is 0. The molecule has 1 aromatic rings. The number of hydrogen-bond acceptors (Lipinski definition) is 3. The summed E-state index contributed by atoms with van der Waals surface area (Å²) in [6.07, 6.45) is 3.29. The van der Waals surface area contributed by atoms with Crippen LogP contribution in [0.3, 0.4) is 0 Å². The third kappa shape index (κ3) is 2.21. The molecule has 2 nitrogen and oxygen atoms in total. The maximum absolute atomic E-state index is 6.10. The molecule has 15 heavy (non-hydrogen) atoms. The maximum Gasteiger partial charge on any atom is 0.0962 e. The van der Waals surface area contributed by atoms with Gasteiger partial charge in [0, 0.05) is 13.1 Å². The minimum atomic E-state index is 0.202. The molecule has 1 saturated heterocycles. The van der Waals surface area contributed by atoms with E-state index in [9.17, 15) is 0 Å². The molecule has 1 aliphatic carbocycles. The molecule has 3 rings (SSSR count). The molecule has 0 spiro atoms. The number of nitrogens with one attached hydrogen (secondary N) is 1. The van der Waals surface area contributed by atoms with Gasteiger partial charge in [0.1, 0.15) is 0 Å². The summed E-state index contributed by atoms with van der Waals surface area (Å²) < 4.78 is 6.94. The van der Waals surface area contributed by atoms with Gasteiger partial charge in [-0.2, -0.15) is 0 Å². The lowest BCUT2D eigenvalue weighted by Crippen LogP contribution is -2.41. The van der Waals surface area contributed by atoms with Crippen molar-refractivity contribution in [3.8, 4) is 0 Å². The smallest absolute Gasteiger partial charge is 0.0962 e. The molecular formula is C11H14ClNOS. The van der Waals surface area contributed by atoms with Crippen molar-refractivity contribution in [2.24, 2.45) is 5.92 Å². The van der Waals surface area contributed by atoms with Crippen molar-refractivity contribution in [3.05, 3.63) is 21.3 Å². The van der Waals surface area contributed by atoms with Crippen LogP contribution in [0.2, 0.25) is 4.34 Å². The van der Waals surface area contributed by atoms with E-state index in [2.05, 4.69) is 10.7 Å². The lowest BCUT2D eigenvalue weighted by Gasteiger charge is -2.30. The lowest BCUT2D eigenvalue weighted by atomic mass is 10.1. The van der Waals surface area contributed by atoms with Crippen molar-refractivity contribution in [1.82, 2.24) is 5.32 Å². The summed E-state index contributed by atoms with van der Waals surface area (Å²) in [5.74, 6) is 0.800. The van der Waals surface area contributed by atoms with Crippen molar-refractivity contribution in [1.29, 1.82) is 0 Å². The van der Waals surface area contributed by atoms with Crippen LogP contribution in [-0.2, 0) is 4.74 Å². The lowest BCUT2D eigenvalue weighted by molar-refractivity contribution is -0.0491. The largest absolute Gasteiger partial charge is 0.367 e. The average Bonchev–Trinajstić information content (AvgIpc) is 3.02. The van der Waals surface area contributed by atoms with E-state index in [1.165, 1.54) is 18.4 Å². The van der Waals surface area contributed by atoms with E-state index in [-0.39, 0.29) is 6.10 Å². The minimum absolute atomic E-state index is 0.202. The Hall–Kier alpha value is -0.0900. The van der Waals surface area contributed by atoms with E-state index in [1.54, 1.807) is 11.3 Å². The molecule has 0 radical (unpaired) electrons. The molecule has 0 bridgehead atoms. The molecule has 82 valence electrons. The summed E-state index contributed by atoms with van der Waals surface area (Å²) >= 11 is 7.51. The van der Waals surface area contributed by atoms with E-state index in [4.69, 9.17) is 16.3 Å². The fourth-order valence-electron chi connectivity index (χ4n) is 2.10. The third-order valence-electron chi connectivity index (χ3n) is 3.12. The van der Waals surface area contributed by atoms with Gasteiger partial charge in [-0.15, -0.1) is 11.3 Å². The van der Waals surface area contributed by atoms with Crippen LogP contribution < -0.4 is 5.32 Å². The van der Waals surface area contributed by atoms with Gasteiger partial charge in [-0.3, -0.25) is 0 Å². The van der Waals surface area contributed by atoms with Gasteiger partial charge in [0.05, 0.1) is 16.5 Å². The first-order valence-electron chi connectivity index (χ1n) is 5.43. The van der Waals surface area contributed by atoms with Gasteiger partial charge in [0.25, 0.3) is 0 Å². The Labute approximate surface area is 98.6 Å². The van der Waals surface area contributed by atoms with E-state index in [1.807, 2.05) is 6.07 Å². The van der Waals surface area contributed by atoms with Gasteiger partial charge in [0.15, 0.2) is 0 Å². The van der Waals surface area contributed by atoms with Crippen LogP contribution in [0, 0.1) is 5.92 Å². The monoisotopic (exact) mass is 243 g/mol. The third-order valence-corrected chi connectivity index (χ3v) is 4.23. The van der Waals surface area contributed by atoms with Crippen LogP contribution >= 0.6 is 22.9 Å². The molecule has 2 atom stereocenters. The Morgan fingerprint density at radius 1 is 1.40 bits per heavy atom. The number of hydrogen-bond donors (Lipinski definition) is 1. The first-order valence-corrected chi connectivity index (χ1v) is 6.69. The fourth-order valence-corrected chi connectivity index (χ4v) is 3.03. The van der Waals surface area contributed by atoms with Gasteiger partial charge in [0.2, 0.25) is 0 Å². The Kier molecular flexibility index (Phi) is 2.73. The van der Waals surface area contributed by atoms with Crippen molar-refractivity contribution in [2.45, 2.75) is 25.0 Å². The van der Waals surface area contributed by atoms with Gasteiger partial charge in [-0.1, -0.05) is 11.6 Å². The van der Waals surface area contributed by atoms with Crippen molar-refractivity contribution in [2.75, 3.05) is 13.1 Å². The van der Waals surface area contributed by atoms with E-state index in [0.717, 1.165) is 23.3 Å². The summed E-state index contributed by atoms with van der Waals surface area (Å²) in [6, 6.07) is 2.02. The molecule has 1 aliphatic heterocycles. The summed E-state index contributed by atoms with van der Waals surface area (Å²) in [6.45, 7) is 1.93. The van der Waals surface area contributed by atoms with Gasteiger partial charge < -0.3 is 10.1 Å². The predicted molar refractivity (Wildman–Crippen MR) is 62.5 cm³/mol. The first-order chi connectivity index (χ1) is 7.33. The van der Waals surface area contributed by atoms with Crippen molar-refractivity contribution in [3.63, 3.8) is 0 Å². The standard InChI is InChI=1S/C11H14ClNOS/c12-11-3-8(6-15-11)10-5-13-4-9(14-10)7-1-2-7/h3,6-7,9-10,13H,1-2,4-5H2. The minimum Gasteiger partial charge on any atom is -0.367 e. The molecule has 2 unspecified atom stereocenters. The van der Waals surface area contributed by atoms with Gasteiger partial charge in [-0.05, 0) is 35.8 Å². The van der Waals surface area contributed by atoms with E-state index >= 15 is 0 Å². The average molecular weight is 244 g/mol.